The van der Waals surface area contributed by atoms with E-state index in [1.807, 2.05) is 20.8 Å². The number of hydrogen-bond acceptors (Lipinski definition) is 3. The fourth-order valence-corrected chi connectivity index (χ4v) is 1.83. The Morgan fingerprint density at radius 2 is 1.95 bits per heavy atom. The third kappa shape index (κ3) is 5.73. The summed E-state index contributed by atoms with van der Waals surface area (Å²) in [6.07, 6.45) is 0.544. The summed E-state index contributed by atoms with van der Waals surface area (Å²) in [5.41, 5.74) is 1.10. The highest BCUT2D eigenvalue weighted by Gasteiger charge is 2.21. The molecule has 0 aliphatic rings. The SMILES string of the molecule is Cc1ccc(NC(=O)C(=O)NCC(C)(C)CCO)cc1Cl. The number of aliphatic hydroxyl groups is 1. The van der Waals surface area contributed by atoms with Crippen molar-refractivity contribution in [3.63, 3.8) is 0 Å². The first kappa shape index (κ1) is 17.5. The van der Waals surface area contributed by atoms with E-state index < -0.39 is 11.8 Å². The van der Waals surface area contributed by atoms with E-state index in [2.05, 4.69) is 10.6 Å². The van der Waals surface area contributed by atoms with Crippen LogP contribution < -0.4 is 10.6 Å². The summed E-state index contributed by atoms with van der Waals surface area (Å²) < 4.78 is 0. The monoisotopic (exact) mass is 312 g/mol. The molecule has 6 heteroatoms. The van der Waals surface area contributed by atoms with Gasteiger partial charge in [-0.3, -0.25) is 9.59 Å². The second-order valence-corrected chi connectivity index (χ2v) is 6.15. The van der Waals surface area contributed by atoms with Crippen LogP contribution in [0.25, 0.3) is 0 Å². The standard InChI is InChI=1S/C15H21ClN2O3/c1-10-4-5-11(8-12(10)16)18-14(21)13(20)17-9-15(2,3)6-7-19/h4-5,8,19H,6-7,9H2,1-3H3,(H,17,20)(H,18,21). The number of aryl methyl sites for hydroxylation is 1. The summed E-state index contributed by atoms with van der Waals surface area (Å²) in [5, 5.41) is 14.5. The van der Waals surface area contributed by atoms with E-state index in [1.54, 1.807) is 18.2 Å². The van der Waals surface area contributed by atoms with Crippen molar-refractivity contribution in [3.8, 4) is 0 Å². The van der Waals surface area contributed by atoms with Gasteiger partial charge >= 0.3 is 11.8 Å². The molecule has 21 heavy (non-hydrogen) atoms. The molecule has 0 fully saturated rings. The molecule has 0 spiro atoms. The molecule has 0 aliphatic carbocycles. The normalized spacial score (nSPS) is 11.1. The molecule has 1 aromatic carbocycles. The number of nitrogens with one attached hydrogen (secondary N) is 2. The minimum Gasteiger partial charge on any atom is -0.396 e. The van der Waals surface area contributed by atoms with Gasteiger partial charge in [-0.15, -0.1) is 0 Å². The van der Waals surface area contributed by atoms with Crippen molar-refractivity contribution < 1.29 is 14.7 Å². The Morgan fingerprint density at radius 3 is 2.52 bits per heavy atom. The van der Waals surface area contributed by atoms with Crippen LogP contribution >= 0.6 is 11.6 Å². The molecule has 5 nitrogen and oxygen atoms in total. The van der Waals surface area contributed by atoms with Crippen LogP contribution in [0, 0.1) is 12.3 Å². The van der Waals surface area contributed by atoms with Gasteiger partial charge in [0.25, 0.3) is 0 Å². The van der Waals surface area contributed by atoms with Crippen LogP contribution in [-0.2, 0) is 9.59 Å². The molecule has 0 atom stereocenters. The summed E-state index contributed by atoms with van der Waals surface area (Å²) in [6, 6.07) is 5.04. The third-order valence-electron chi connectivity index (χ3n) is 3.15. The maximum absolute atomic E-state index is 11.8. The molecule has 1 rings (SSSR count). The molecule has 0 saturated heterocycles. The second kappa shape index (κ2) is 7.43. The number of rotatable bonds is 5. The lowest BCUT2D eigenvalue weighted by Crippen LogP contribution is -2.40. The van der Waals surface area contributed by atoms with E-state index in [9.17, 15) is 9.59 Å². The van der Waals surface area contributed by atoms with Gasteiger partial charge in [-0.1, -0.05) is 31.5 Å². The van der Waals surface area contributed by atoms with Crippen LogP contribution in [-0.4, -0.2) is 30.1 Å². The largest absolute Gasteiger partial charge is 0.396 e. The number of hydrogen-bond donors (Lipinski definition) is 3. The van der Waals surface area contributed by atoms with E-state index in [0.29, 0.717) is 23.7 Å². The maximum Gasteiger partial charge on any atom is 0.313 e. The summed E-state index contributed by atoms with van der Waals surface area (Å²) in [4.78, 5) is 23.5. The molecule has 0 bridgehead atoms. The average molecular weight is 313 g/mol. The van der Waals surface area contributed by atoms with Crippen LogP contribution in [0.2, 0.25) is 5.02 Å². The highest BCUT2D eigenvalue weighted by molar-refractivity contribution is 6.39. The first-order valence-electron chi connectivity index (χ1n) is 6.71. The Kier molecular flexibility index (Phi) is 6.18. The quantitative estimate of drug-likeness (QED) is 0.729. The van der Waals surface area contributed by atoms with Gasteiger partial charge in [0, 0.05) is 23.9 Å². The highest BCUT2D eigenvalue weighted by Crippen LogP contribution is 2.20. The van der Waals surface area contributed by atoms with Crippen molar-refractivity contribution in [2.45, 2.75) is 27.2 Å². The molecule has 116 valence electrons. The fraction of sp³-hybridized carbons (Fsp3) is 0.467. The smallest absolute Gasteiger partial charge is 0.313 e. The van der Waals surface area contributed by atoms with Crippen molar-refractivity contribution in [2.75, 3.05) is 18.5 Å². The van der Waals surface area contributed by atoms with Gasteiger partial charge < -0.3 is 15.7 Å². The molecule has 0 unspecified atom stereocenters. The highest BCUT2D eigenvalue weighted by atomic mass is 35.5. The topological polar surface area (TPSA) is 78.4 Å². The van der Waals surface area contributed by atoms with Crippen LogP contribution in [0.1, 0.15) is 25.8 Å². The average Bonchev–Trinajstić information content (AvgIpc) is 2.40. The van der Waals surface area contributed by atoms with Gasteiger partial charge in [-0.25, -0.2) is 0 Å². The van der Waals surface area contributed by atoms with E-state index in [-0.39, 0.29) is 12.0 Å². The zero-order valence-electron chi connectivity index (χ0n) is 12.5. The van der Waals surface area contributed by atoms with Gasteiger partial charge in [0.1, 0.15) is 0 Å². The second-order valence-electron chi connectivity index (χ2n) is 5.74. The minimum absolute atomic E-state index is 0.0386. The summed E-state index contributed by atoms with van der Waals surface area (Å²) >= 11 is 5.96. The predicted molar refractivity (Wildman–Crippen MR) is 83.3 cm³/mol. The number of anilines is 1. The van der Waals surface area contributed by atoms with Crippen molar-refractivity contribution in [1.82, 2.24) is 5.32 Å². The van der Waals surface area contributed by atoms with Gasteiger partial charge in [0.15, 0.2) is 0 Å². The lowest BCUT2D eigenvalue weighted by atomic mass is 9.90. The number of amides is 2. The summed E-state index contributed by atoms with van der Waals surface area (Å²) in [6.45, 7) is 6.01. The van der Waals surface area contributed by atoms with Crippen LogP contribution in [0.3, 0.4) is 0 Å². The Hall–Kier alpha value is -1.59. The van der Waals surface area contributed by atoms with Gasteiger partial charge in [-0.2, -0.15) is 0 Å². The number of aliphatic hydroxyl groups excluding tert-OH is 1. The minimum atomic E-state index is -0.741. The number of carbonyl (C=O) groups excluding carboxylic acids is 2. The van der Waals surface area contributed by atoms with Gasteiger partial charge in [0.05, 0.1) is 0 Å². The molecule has 0 aliphatic heterocycles. The molecule has 2 amide bonds. The molecular weight excluding hydrogens is 292 g/mol. The van der Waals surface area contributed by atoms with Crippen LogP contribution in [0.15, 0.2) is 18.2 Å². The van der Waals surface area contributed by atoms with E-state index in [1.165, 1.54) is 0 Å². The van der Waals surface area contributed by atoms with Crippen LogP contribution in [0.5, 0.6) is 0 Å². The van der Waals surface area contributed by atoms with Crippen molar-refractivity contribution >= 4 is 29.1 Å². The summed E-state index contributed by atoms with van der Waals surface area (Å²) in [7, 11) is 0. The van der Waals surface area contributed by atoms with E-state index >= 15 is 0 Å². The Labute approximate surface area is 129 Å². The van der Waals surface area contributed by atoms with Gasteiger partial charge in [0.2, 0.25) is 0 Å². The zero-order chi connectivity index (χ0) is 16.0. The predicted octanol–water partition coefficient (Wildman–Crippen LogP) is 2.11. The lowest BCUT2D eigenvalue weighted by molar-refractivity contribution is -0.136. The molecule has 1 aromatic rings. The van der Waals surface area contributed by atoms with Crippen LogP contribution in [0.4, 0.5) is 5.69 Å². The van der Waals surface area contributed by atoms with Gasteiger partial charge in [-0.05, 0) is 36.5 Å². The first-order valence-corrected chi connectivity index (χ1v) is 7.09. The fourth-order valence-electron chi connectivity index (χ4n) is 1.65. The third-order valence-corrected chi connectivity index (χ3v) is 3.56. The number of benzene rings is 1. The van der Waals surface area contributed by atoms with Crippen molar-refractivity contribution in [1.29, 1.82) is 0 Å². The Morgan fingerprint density at radius 1 is 1.29 bits per heavy atom. The van der Waals surface area contributed by atoms with Crippen molar-refractivity contribution in [3.05, 3.63) is 28.8 Å². The molecule has 0 radical (unpaired) electrons. The molecule has 0 aromatic heterocycles. The summed E-state index contributed by atoms with van der Waals surface area (Å²) in [5.74, 6) is -1.45. The zero-order valence-corrected chi connectivity index (χ0v) is 13.3. The lowest BCUT2D eigenvalue weighted by Gasteiger charge is -2.23. The number of halogens is 1. The van der Waals surface area contributed by atoms with Crippen molar-refractivity contribution in [2.24, 2.45) is 5.41 Å². The van der Waals surface area contributed by atoms with E-state index in [0.717, 1.165) is 5.56 Å². The maximum atomic E-state index is 11.8. The molecule has 0 heterocycles. The molecule has 3 N–H and O–H groups in total. The molecule has 0 saturated carbocycles. The number of carbonyl (C=O) groups is 2. The Bertz CT molecular complexity index is 530. The Balaban J connectivity index is 2.55. The first-order chi connectivity index (χ1) is 9.75. The molecular formula is C15H21ClN2O3. The van der Waals surface area contributed by atoms with E-state index in [4.69, 9.17) is 16.7 Å².